The van der Waals surface area contributed by atoms with Crippen molar-refractivity contribution in [2.24, 2.45) is 0 Å². The second kappa shape index (κ2) is 5.55. The second-order valence-corrected chi connectivity index (χ2v) is 4.66. The number of hydrogen-bond acceptors (Lipinski definition) is 3. The van der Waals surface area contributed by atoms with Gasteiger partial charge in [-0.25, -0.2) is 0 Å². The topological polar surface area (TPSA) is 12.9 Å². The molecule has 3 heteroatoms. The Labute approximate surface area is 88.7 Å². The Kier molecular flexibility index (Phi) is 4.67. The summed E-state index contributed by atoms with van der Waals surface area (Å²) < 4.78 is 0. The van der Waals surface area contributed by atoms with Gasteiger partial charge < -0.3 is 0 Å². The minimum atomic E-state index is 1.02. The molecule has 0 fully saturated rings. The van der Waals surface area contributed by atoms with Crippen molar-refractivity contribution in [1.82, 2.24) is 4.98 Å². The molecule has 0 saturated carbocycles. The summed E-state index contributed by atoms with van der Waals surface area (Å²) in [5.74, 6) is 2.04. The van der Waals surface area contributed by atoms with E-state index in [0.717, 1.165) is 11.5 Å². The van der Waals surface area contributed by atoms with Crippen LogP contribution in [0.15, 0.2) is 12.1 Å². The van der Waals surface area contributed by atoms with E-state index in [9.17, 15) is 0 Å². The highest BCUT2D eigenvalue weighted by Gasteiger charge is 2.00. The SMILES string of the molecule is CSCc1ccc(C)c(CSC)n1. The van der Waals surface area contributed by atoms with Crippen LogP contribution >= 0.6 is 23.5 Å². The van der Waals surface area contributed by atoms with Crippen molar-refractivity contribution in [3.63, 3.8) is 0 Å². The predicted molar refractivity (Wildman–Crippen MR) is 63.4 cm³/mol. The lowest BCUT2D eigenvalue weighted by atomic mass is 10.2. The number of pyridine rings is 1. The lowest BCUT2D eigenvalue weighted by molar-refractivity contribution is 1.06. The Morgan fingerprint density at radius 1 is 1.15 bits per heavy atom. The van der Waals surface area contributed by atoms with Gasteiger partial charge in [0.1, 0.15) is 0 Å². The first kappa shape index (κ1) is 10.9. The van der Waals surface area contributed by atoms with E-state index in [1.54, 1.807) is 0 Å². The minimum Gasteiger partial charge on any atom is -0.256 e. The average molecular weight is 213 g/mol. The molecule has 1 rings (SSSR count). The summed E-state index contributed by atoms with van der Waals surface area (Å²) in [7, 11) is 0. The van der Waals surface area contributed by atoms with Crippen LogP contribution < -0.4 is 0 Å². The lowest BCUT2D eigenvalue weighted by Crippen LogP contribution is -1.95. The summed E-state index contributed by atoms with van der Waals surface area (Å²) in [5, 5.41) is 0. The number of aromatic nitrogens is 1. The van der Waals surface area contributed by atoms with Crippen LogP contribution in [0.3, 0.4) is 0 Å². The number of hydrogen-bond donors (Lipinski definition) is 0. The first-order chi connectivity index (χ1) is 6.27. The Balaban J connectivity index is 2.83. The fourth-order valence-electron chi connectivity index (χ4n) is 1.13. The standard InChI is InChI=1S/C10H15NS2/c1-8-4-5-9(6-12-2)11-10(8)7-13-3/h4-5H,6-7H2,1-3H3. The highest BCUT2D eigenvalue weighted by Crippen LogP contribution is 2.14. The molecule has 0 amide bonds. The molecule has 1 aromatic rings. The van der Waals surface area contributed by atoms with Gasteiger partial charge in [0.05, 0.1) is 11.4 Å². The van der Waals surface area contributed by atoms with Crippen molar-refractivity contribution in [3.8, 4) is 0 Å². The fourth-order valence-corrected chi connectivity index (χ4v) is 2.15. The molecule has 0 aliphatic rings. The lowest BCUT2D eigenvalue weighted by Gasteiger charge is -2.05. The third-order valence-electron chi connectivity index (χ3n) is 1.83. The molecule has 0 aromatic carbocycles. The van der Waals surface area contributed by atoms with Crippen molar-refractivity contribution >= 4 is 23.5 Å². The first-order valence-corrected chi connectivity index (χ1v) is 7.00. The summed E-state index contributed by atoms with van der Waals surface area (Å²) in [4.78, 5) is 4.61. The van der Waals surface area contributed by atoms with E-state index in [1.165, 1.54) is 17.0 Å². The molecule has 72 valence electrons. The number of rotatable bonds is 4. The summed E-state index contributed by atoms with van der Waals surface area (Å²) in [6.45, 7) is 2.13. The molecule has 0 radical (unpaired) electrons. The smallest absolute Gasteiger partial charge is 0.0535 e. The third-order valence-corrected chi connectivity index (χ3v) is 2.98. The summed E-state index contributed by atoms with van der Waals surface area (Å²) in [5.41, 5.74) is 3.74. The quantitative estimate of drug-likeness (QED) is 0.763. The van der Waals surface area contributed by atoms with E-state index >= 15 is 0 Å². The second-order valence-electron chi connectivity index (χ2n) is 2.93. The van der Waals surface area contributed by atoms with Gasteiger partial charge in [0.15, 0.2) is 0 Å². The molecule has 0 saturated heterocycles. The maximum absolute atomic E-state index is 4.61. The van der Waals surface area contributed by atoms with Gasteiger partial charge in [0, 0.05) is 11.5 Å². The molecular weight excluding hydrogens is 198 g/mol. The maximum atomic E-state index is 4.61. The Bertz CT molecular complexity index is 274. The molecule has 1 aromatic heterocycles. The number of thioether (sulfide) groups is 2. The highest BCUT2D eigenvalue weighted by molar-refractivity contribution is 7.98. The van der Waals surface area contributed by atoms with Gasteiger partial charge in [0.25, 0.3) is 0 Å². The van der Waals surface area contributed by atoms with Crippen molar-refractivity contribution in [2.45, 2.75) is 18.4 Å². The van der Waals surface area contributed by atoms with Crippen LogP contribution in [0.2, 0.25) is 0 Å². The summed E-state index contributed by atoms with van der Waals surface area (Å²) in [6, 6.07) is 4.29. The van der Waals surface area contributed by atoms with Gasteiger partial charge in [-0.3, -0.25) is 4.98 Å². The van der Waals surface area contributed by atoms with Crippen LogP contribution in [-0.2, 0) is 11.5 Å². The predicted octanol–water partition coefficient (Wildman–Crippen LogP) is 3.12. The fraction of sp³-hybridized carbons (Fsp3) is 0.500. The van der Waals surface area contributed by atoms with Crippen molar-refractivity contribution in [3.05, 3.63) is 29.1 Å². The van der Waals surface area contributed by atoms with Crippen LogP contribution in [0.1, 0.15) is 17.0 Å². The summed E-state index contributed by atoms with van der Waals surface area (Å²) >= 11 is 3.64. The Hall–Kier alpha value is -0.150. The number of nitrogens with zero attached hydrogens (tertiary/aromatic N) is 1. The van der Waals surface area contributed by atoms with Gasteiger partial charge in [-0.05, 0) is 31.1 Å². The van der Waals surface area contributed by atoms with Crippen LogP contribution in [0, 0.1) is 6.92 Å². The zero-order valence-corrected chi connectivity index (χ0v) is 9.97. The molecule has 0 bridgehead atoms. The normalized spacial score (nSPS) is 10.4. The van der Waals surface area contributed by atoms with Gasteiger partial charge >= 0.3 is 0 Å². The Morgan fingerprint density at radius 2 is 1.85 bits per heavy atom. The van der Waals surface area contributed by atoms with Crippen LogP contribution in [0.5, 0.6) is 0 Å². The molecule has 13 heavy (non-hydrogen) atoms. The third kappa shape index (κ3) is 3.24. The van der Waals surface area contributed by atoms with E-state index < -0.39 is 0 Å². The minimum absolute atomic E-state index is 1.02. The van der Waals surface area contributed by atoms with Crippen LogP contribution in [0.4, 0.5) is 0 Å². The molecule has 0 aliphatic heterocycles. The van der Waals surface area contributed by atoms with E-state index in [1.807, 2.05) is 23.5 Å². The molecule has 1 heterocycles. The molecule has 0 aliphatic carbocycles. The molecule has 0 N–H and O–H groups in total. The summed E-state index contributed by atoms with van der Waals surface area (Å²) in [6.07, 6.45) is 4.22. The average Bonchev–Trinajstić information content (AvgIpc) is 2.12. The molecule has 0 atom stereocenters. The highest BCUT2D eigenvalue weighted by atomic mass is 32.2. The van der Waals surface area contributed by atoms with E-state index in [-0.39, 0.29) is 0 Å². The zero-order valence-electron chi connectivity index (χ0n) is 8.33. The van der Waals surface area contributed by atoms with Gasteiger partial charge in [-0.15, -0.1) is 0 Å². The van der Waals surface area contributed by atoms with E-state index in [0.29, 0.717) is 0 Å². The van der Waals surface area contributed by atoms with E-state index in [4.69, 9.17) is 0 Å². The Morgan fingerprint density at radius 3 is 2.46 bits per heavy atom. The zero-order chi connectivity index (χ0) is 9.68. The van der Waals surface area contributed by atoms with Crippen molar-refractivity contribution in [1.29, 1.82) is 0 Å². The molecule has 0 spiro atoms. The van der Waals surface area contributed by atoms with Crippen molar-refractivity contribution < 1.29 is 0 Å². The van der Waals surface area contributed by atoms with Gasteiger partial charge in [-0.1, -0.05) is 6.07 Å². The molecule has 1 nitrogen and oxygen atoms in total. The van der Waals surface area contributed by atoms with Crippen LogP contribution in [-0.4, -0.2) is 17.5 Å². The van der Waals surface area contributed by atoms with Gasteiger partial charge in [0.2, 0.25) is 0 Å². The van der Waals surface area contributed by atoms with E-state index in [2.05, 4.69) is 36.6 Å². The monoisotopic (exact) mass is 213 g/mol. The van der Waals surface area contributed by atoms with Gasteiger partial charge in [-0.2, -0.15) is 23.5 Å². The molecule has 0 unspecified atom stereocenters. The first-order valence-electron chi connectivity index (χ1n) is 4.21. The van der Waals surface area contributed by atoms with Crippen molar-refractivity contribution in [2.75, 3.05) is 12.5 Å². The number of aryl methyl sites for hydroxylation is 1. The molecular formula is C10H15NS2. The largest absolute Gasteiger partial charge is 0.256 e. The van der Waals surface area contributed by atoms with Crippen LogP contribution in [0.25, 0.3) is 0 Å². The maximum Gasteiger partial charge on any atom is 0.0535 e.